The third-order valence-electron chi connectivity index (χ3n) is 5.36. The Morgan fingerprint density at radius 1 is 1.12 bits per heavy atom. The molecular formula is C24H17F2N3O5. The molecule has 8 nitrogen and oxygen atoms in total. The van der Waals surface area contributed by atoms with Gasteiger partial charge in [-0.2, -0.15) is 4.98 Å². The number of aromatic nitrogens is 2. The Hall–Kier alpha value is -4.47. The number of carbonyl (C=O) groups excluding carboxylic acids is 1. The third kappa shape index (κ3) is 3.49. The van der Waals surface area contributed by atoms with Gasteiger partial charge in [0.1, 0.15) is 28.3 Å². The molecule has 172 valence electrons. The molecule has 3 heterocycles. The Labute approximate surface area is 190 Å². The van der Waals surface area contributed by atoms with Gasteiger partial charge in [-0.05, 0) is 48.4 Å². The summed E-state index contributed by atoms with van der Waals surface area (Å²) in [6, 6.07) is 10.7. The zero-order valence-electron chi connectivity index (χ0n) is 17.7. The van der Waals surface area contributed by atoms with Crippen molar-refractivity contribution in [1.82, 2.24) is 9.55 Å². The molecule has 0 radical (unpaired) electrons. The molecule has 0 aliphatic carbocycles. The van der Waals surface area contributed by atoms with E-state index >= 15 is 0 Å². The number of ether oxygens (including phenoxy) is 1. The van der Waals surface area contributed by atoms with Gasteiger partial charge < -0.3 is 19.3 Å². The number of nitrogens with zero attached hydrogens (tertiary/aromatic N) is 2. The molecule has 0 saturated heterocycles. The first-order chi connectivity index (χ1) is 16.4. The first-order valence-corrected chi connectivity index (χ1v) is 10.3. The lowest BCUT2D eigenvalue weighted by molar-refractivity contribution is -0.136. The minimum absolute atomic E-state index is 0.00152. The molecule has 1 atom stereocenters. The maximum Gasteiger partial charge on any atom is 0.362 e. The van der Waals surface area contributed by atoms with Crippen LogP contribution in [0.4, 0.5) is 14.8 Å². The minimum Gasteiger partial charge on any atom is -0.462 e. The highest BCUT2D eigenvalue weighted by Crippen LogP contribution is 2.38. The number of oxazole rings is 2. The topological polar surface area (TPSA) is 113 Å². The molecule has 1 unspecified atom stereocenters. The van der Waals surface area contributed by atoms with Gasteiger partial charge in [0.05, 0.1) is 12.5 Å². The van der Waals surface area contributed by atoms with Crippen molar-refractivity contribution < 1.29 is 27.1 Å². The van der Waals surface area contributed by atoms with E-state index in [9.17, 15) is 18.4 Å². The summed E-state index contributed by atoms with van der Waals surface area (Å²) in [5, 5.41) is -0.00152. The first kappa shape index (κ1) is 21.4. The molecule has 4 aromatic rings. The highest BCUT2D eigenvalue weighted by molar-refractivity contribution is 6.12. The summed E-state index contributed by atoms with van der Waals surface area (Å²) in [5.74, 6) is -2.50. The fraction of sp³-hybridized carbons (Fsp3) is 0.125. The standard InChI is InChI=1S/C24H17F2N3O5/c1-2-32-23(31)18-17(13-5-9-15(26)10-6-13)19-21(34-24(27)28-19)29-16(22(30)33-20(18)29)11-12-3-7-14(25)8-4-12/h3-11,17H,2H2,1H3,(H2,27,28)/b16-11+. The van der Waals surface area contributed by atoms with Gasteiger partial charge in [0.25, 0.3) is 6.01 Å². The number of halogens is 2. The van der Waals surface area contributed by atoms with Crippen molar-refractivity contribution in [2.75, 3.05) is 12.3 Å². The van der Waals surface area contributed by atoms with Crippen LogP contribution in [0.3, 0.4) is 0 Å². The van der Waals surface area contributed by atoms with Crippen molar-refractivity contribution in [3.8, 4) is 5.88 Å². The van der Waals surface area contributed by atoms with Crippen LogP contribution in [-0.4, -0.2) is 22.1 Å². The number of hydrogen-bond acceptors (Lipinski definition) is 7. The van der Waals surface area contributed by atoms with Gasteiger partial charge in [-0.25, -0.2) is 22.9 Å². The van der Waals surface area contributed by atoms with Crippen molar-refractivity contribution in [3.63, 3.8) is 0 Å². The summed E-state index contributed by atoms with van der Waals surface area (Å²) in [5.41, 5.74) is 6.13. The van der Waals surface area contributed by atoms with Gasteiger partial charge in [0.15, 0.2) is 0 Å². The molecule has 0 amide bonds. The maximum absolute atomic E-state index is 13.6. The first-order valence-electron chi connectivity index (χ1n) is 10.3. The van der Waals surface area contributed by atoms with Gasteiger partial charge in [-0.15, -0.1) is 0 Å². The molecule has 2 N–H and O–H groups in total. The number of carbonyl (C=O) groups is 1. The second-order valence-corrected chi connectivity index (χ2v) is 7.47. The lowest BCUT2D eigenvalue weighted by Crippen LogP contribution is -2.37. The molecule has 10 heteroatoms. The molecule has 0 spiro atoms. The van der Waals surface area contributed by atoms with Gasteiger partial charge in [-0.3, -0.25) is 0 Å². The summed E-state index contributed by atoms with van der Waals surface area (Å²) in [4.78, 5) is 30.3. The molecule has 2 aromatic carbocycles. The number of hydrogen-bond donors (Lipinski definition) is 1. The second kappa shape index (κ2) is 8.14. The van der Waals surface area contributed by atoms with Crippen LogP contribution in [0.25, 0.3) is 17.5 Å². The Bertz CT molecular complexity index is 1580. The Kier molecular flexibility index (Phi) is 5.12. The number of fused-ring (bicyclic) bond motifs is 3. The SMILES string of the molecule is CCOC(=O)C1=c2oc(=O)/c(=C\c3ccc(F)cc3)n2-c2oc(N)nc2C1c1ccc(F)cc1. The van der Waals surface area contributed by atoms with Crippen molar-refractivity contribution in [2.24, 2.45) is 0 Å². The van der Waals surface area contributed by atoms with E-state index in [0.717, 1.165) is 0 Å². The van der Waals surface area contributed by atoms with E-state index in [1.54, 1.807) is 6.92 Å². The molecule has 1 aliphatic heterocycles. The Morgan fingerprint density at radius 3 is 2.41 bits per heavy atom. The van der Waals surface area contributed by atoms with Crippen LogP contribution >= 0.6 is 0 Å². The predicted octanol–water partition coefficient (Wildman–Crippen LogP) is 1.97. The van der Waals surface area contributed by atoms with E-state index in [0.29, 0.717) is 11.1 Å². The average Bonchev–Trinajstić information content (AvgIpc) is 3.34. The number of benzene rings is 2. The van der Waals surface area contributed by atoms with E-state index in [1.807, 2.05) is 0 Å². The summed E-state index contributed by atoms with van der Waals surface area (Å²) in [7, 11) is 0. The average molecular weight is 465 g/mol. The Balaban J connectivity index is 1.88. The smallest absolute Gasteiger partial charge is 0.362 e. The van der Waals surface area contributed by atoms with Crippen LogP contribution in [0.15, 0.2) is 62.2 Å². The van der Waals surface area contributed by atoms with Crippen LogP contribution < -0.4 is 22.3 Å². The molecule has 2 aromatic heterocycles. The third-order valence-corrected chi connectivity index (χ3v) is 5.36. The van der Waals surface area contributed by atoms with Gasteiger partial charge >= 0.3 is 11.6 Å². The summed E-state index contributed by atoms with van der Waals surface area (Å²) in [6.07, 6.45) is 1.46. The maximum atomic E-state index is 13.6. The van der Waals surface area contributed by atoms with E-state index in [4.69, 9.17) is 19.3 Å². The van der Waals surface area contributed by atoms with E-state index in [-0.39, 0.29) is 40.7 Å². The Morgan fingerprint density at radius 2 is 1.76 bits per heavy atom. The molecule has 0 fully saturated rings. The molecule has 1 aliphatic rings. The van der Waals surface area contributed by atoms with Crippen molar-refractivity contribution in [1.29, 1.82) is 0 Å². The van der Waals surface area contributed by atoms with Crippen LogP contribution in [0.1, 0.15) is 29.7 Å². The van der Waals surface area contributed by atoms with Crippen molar-refractivity contribution >= 4 is 23.6 Å². The molecular weight excluding hydrogens is 448 g/mol. The van der Waals surface area contributed by atoms with Gasteiger partial charge in [-0.1, -0.05) is 24.3 Å². The second-order valence-electron chi connectivity index (χ2n) is 7.47. The fourth-order valence-electron chi connectivity index (χ4n) is 3.95. The predicted molar refractivity (Wildman–Crippen MR) is 116 cm³/mol. The zero-order valence-corrected chi connectivity index (χ0v) is 17.7. The molecule has 0 saturated carbocycles. The number of anilines is 1. The number of nitrogen functional groups attached to an aromatic ring is 1. The van der Waals surface area contributed by atoms with Crippen LogP contribution in [-0.2, 0) is 9.53 Å². The highest BCUT2D eigenvalue weighted by atomic mass is 19.1. The molecule has 0 bridgehead atoms. The monoisotopic (exact) mass is 465 g/mol. The number of nitrogens with two attached hydrogens (primary N) is 1. The number of esters is 1. The fourth-order valence-corrected chi connectivity index (χ4v) is 3.95. The normalized spacial score (nSPS) is 15.2. The largest absolute Gasteiger partial charge is 0.462 e. The van der Waals surface area contributed by atoms with Crippen LogP contribution in [0.2, 0.25) is 0 Å². The molecule has 34 heavy (non-hydrogen) atoms. The van der Waals surface area contributed by atoms with Crippen LogP contribution in [0, 0.1) is 11.6 Å². The van der Waals surface area contributed by atoms with Crippen molar-refractivity contribution in [2.45, 2.75) is 12.8 Å². The quantitative estimate of drug-likeness (QED) is 0.459. The number of rotatable bonds is 4. The summed E-state index contributed by atoms with van der Waals surface area (Å²) < 4.78 is 44.6. The van der Waals surface area contributed by atoms with Gasteiger partial charge in [0, 0.05) is 0 Å². The van der Waals surface area contributed by atoms with E-state index in [2.05, 4.69) is 4.98 Å². The van der Waals surface area contributed by atoms with Crippen LogP contribution in [0.5, 0.6) is 0 Å². The lowest BCUT2D eigenvalue weighted by atomic mass is 9.87. The minimum atomic E-state index is -0.903. The van der Waals surface area contributed by atoms with Gasteiger partial charge in [0.2, 0.25) is 11.4 Å². The summed E-state index contributed by atoms with van der Waals surface area (Å²) in [6.45, 7) is 1.70. The van der Waals surface area contributed by atoms with Crippen molar-refractivity contribution in [3.05, 3.63) is 98.3 Å². The zero-order chi connectivity index (χ0) is 24.0. The molecule has 5 rings (SSSR count). The van der Waals surface area contributed by atoms with E-state index in [1.165, 1.54) is 59.2 Å². The van der Waals surface area contributed by atoms with E-state index < -0.39 is 29.1 Å². The highest BCUT2D eigenvalue weighted by Gasteiger charge is 2.39. The summed E-state index contributed by atoms with van der Waals surface area (Å²) >= 11 is 0. The lowest BCUT2D eigenvalue weighted by Gasteiger charge is -2.21.